The average Bonchev–Trinajstić information content (AvgIpc) is 1.84. The lowest BCUT2D eigenvalue weighted by Gasteiger charge is -2.16. The molecule has 0 aliphatic heterocycles. The molecule has 58 valence electrons. The van der Waals surface area contributed by atoms with Crippen molar-refractivity contribution in [3.63, 3.8) is 0 Å². The van der Waals surface area contributed by atoms with Crippen LogP contribution >= 0.6 is 11.8 Å². The maximum atomic E-state index is 10.6. The number of hydrogen-bond acceptors (Lipinski definition) is 2. The summed E-state index contributed by atoms with van der Waals surface area (Å²) < 4.78 is 0.891. The number of carbonyl (C=O) groups excluding carboxylic acids is 2. The molecule has 0 spiro atoms. The van der Waals surface area contributed by atoms with Crippen LogP contribution in [0.3, 0.4) is 0 Å². The first kappa shape index (κ1) is 9.43. The molecular formula is C6H10ClNO2. The van der Waals surface area contributed by atoms with Gasteiger partial charge in [0.05, 0.1) is 0 Å². The number of carbonyl (C=O) groups is 2. The Morgan fingerprint density at radius 3 is 1.90 bits per heavy atom. The van der Waals surface area contributed by atoms with E-state index in [4.69, 9.17) is 11.8 Å². The molecule has 0 aromatic heterocycles. The van der Waals surface area contributed by atoms with E-state index in [2.05, 4.69) is 0 Å². The van der Waals surface area contributed by atoms with Crippen LogP contribution in [0.15, 0.2) is 0 Å². The molecule has 0 bridgehead atoms. The van der Waals surface area contributed by atoms with Crippen LogP contribution in [0.1, 0.15) is 20.8 Å². The fourth-order valence-corrected chi connectivity index (χ4v) is 0.570. The van der Waals surface area contributed by atoms with Crippen molar-refractivity contribution in [2.75, 3.05) is 0 Å². The van der Waals surface area contributed by atoms with Gasteiger partial charge in [0, 0.05) is 18.7 Å². The summed E-state index contributed by atoms with van der Waals surface area (Å²) in [5.74, 6) is -0.436. The maximum absolute atomic E-state index is 10.6. The largest absolute Gasteiger partial charge is 0.298 e. The van der Waals surface area contributed by atoms with Crippen LogP contribution in [0.2, 0.25) is 0 Å². The van der Waals surface area contributed by atoms with Gasteiger partial charge in [0.25, 0.3) is 0 Å². The molecule has 0 aliphatic carbocycles. The zero-order chi connectivity index (χ0) is 8.31. The number of hydrogen-bond donors (Lipinski definition) is 0. The van der Waals surface area contributed by atoms with Gasteiger partial charge in [-0.2, -0.15) is 0 Å². The third kappa shape index (κ3) is 2.35. The van der Waals surface area contributed by atoms with Gasteiger partial charge in [-0.1, -0.05) is 0 Å². The Hall–Kier alpha value is -0.570. The summed E-state index contributed by atoms with van der Waals surface area (Å²) in [5, 5.41) is 0. The Morgan fingerprint density at radius 1 is 1.40 bits per heavy atom. The SMILES string of the molecule is CC(=O)C(C)N(Cl)C(C)=O. The predicted octanol–water partition coefficient (Wildman–Crippen LogP) is 0.966. The van der Waals surface area contributed by atoms with Gasteiger partial charge < -0.3 is 0 Å². The molecule has 0 radical (unpaired) electrons. The molecule has 0 rings (SSSR count). The van der Waals surface area contributed by atoms with Gasteiger partial charge in [0.1, 0.15) is 6.04 Å². The molecule has 0 saturated carbocycles. The van der Waals surface area contributed by atoms with Gasteiger partial charge in [-0.25, -0.2) is 4.42 Å². The van der Waals surface area contributed by atoms with Gasteiger partial charge in [-0.15, -0.1) is 0 Å². The molecule has 10 heavy (non-hydrogen) atoms. The summed E-state index contributed by atoms with van der Waals surface area (Å²) in [6, 6.07) is -0.529. The van der Waals surface area contributed by atoms with Crippen molar-refractivity contribution in [1.29, 1.82) is 0 Å². The number of halogens is 1. The molecule has 0 aromatic rings. The smallest absolute Gasteiger partial charge is 0.234 e. The standard InChI is InChI=1S/C6H10ClNO2/c1-4(5(2)9)8(7)6(3)10/h4H,1-3H3. The Balaban J connectivity index is 4.07. The first-order valence-electron chi connectivity index (χ1n) is 2.93. The summed E-state index contributed by atoms with van der Waals surface area (Å²) in [6.07, 6.45) is 0. The number of nitrogens with zero attached hydrogens (tertiary/aromatic N) is 1. The van der Waals surface area contributed by atoms with Crippen molar-refractivity contribution in [1.82, 2.24) is 4.42 Å². The van der Waals surface area contributed by atoms with Crippen LogP contribution in [-0.2, 0) is 9.59 Å². The van der Waals surface area contributed by atoms with Gasteiger partial charge >= 0.3 is 0 Å². The van der Waals surface area contributed by atoms with Gasteiger partial charge in [0.2, 0.25) is 5.91 Å². The van der Waals surface area contributed by atoms with Crippen molar-refractivity contribution in [2.24, 2.45) is 0 Å². The van der Waals surface area contributed by atoms with Crippen molar-refractivity contribution in [3.05, 3.63) is 0 Å². The van der Waals surface area contributed by atoms with E-state index in [9.17, 15) is 9.59 Å². The lowest BCUT2D eigenvalue weighted by Crippen LogP contribution is -2.33. The second kappa shape index (κ2) is 3.56. The van der Waals surface area contributed by atoms with E-state index in [0.717, 1.165) is 4.42 Å². The lowest BCUT2D eigenvalue weighted by molar-refractivity contribution is -0.131. The molecule has 1 atom stereocenters. The molecule has 0 aromatic carbocycles. The normalized spacial score (nSPS) is 12.4. The van der Waals surface area contributed by atoms with Crippen molar-refractivity contribution in [2.45, 2.75) is 26.8 Å². The molecule has 1 unspecified atom stereocenters. The first-order valence-corrected chi connectivity index (χ1v) is 3.26. The Morgan fingerprint density at radius 2 is 1.80 bits per heavy atom. The zero-order valence-corrected chi connectivity index (χ0v) is 6.97. The van der Waals surface area contributed by atoms with Crippen molar-refractivity contribution < 1.29 is 9.59 Å². The molecule has 0 aliphatic rings. The van der Waals surface area contributed by atoms with E-state index >= 15 is 0 Å². The van der Waals surface area contributed by atoms with Crippen molar-refractivity contribution in [3.8, 4) is 0 Å². The summed E-state index contributed by atoms with van der Waals surface area (Å²) in [5.41, 5.74) is 0. The summed E-state index contributed by atoms with van der Waals surface area (Å²) in [6.45, 7) is 4.28. The first-order chi connectivity index (χ1) is 4.46. The van der Waals surface area contributed by atoms with Gasteiger partial charge in [0.15, 0.2) is 5.78 Å². The average molecular weight is 164 g/mol. The third-order valence-corrected chi connectivity index (χ3v) is 1.76. The Bertz CT molecular complexity index is 140. The molecule has 4 heteroatoms. The highest BCUT2D eigenvalue weighted by molar-refractivity contribution is 6.22. The van der Waals surface area contributed by atoms with Crippen LogP contribution in [-0.4, -0.2) is 22.2 Å². The Labute approximate surface area is 65.1 Å². The highest BCUT2D eigenvalue weighted by atomic mass is 35.5. The second-order valence-electron chi connectivity index (χ2n) is 2.12. The summed E-state index contributed by atoms with van der Waals surface area (Å²) in [4.78, 5) is 21.1. The molecule has 3 nitrogen and oxygen atoms in total. The molecule has 0 fully saturated rings. The van der Waals surface area contributed by atoms with Crippen molar-refractivity contribution >= 4 is 23.5 Å². The topological polar surface area (TPSA) is 37.4 Å². The van der Waals surface area contributed by atoms with E-state index in [0.29, 0.717) is 0 Å². The minimum atomic E-state index is -0.529. The second-order valence-corrected chi connectivity index (χ2v) is 2.48. The highest BCUT2D eigenvalue weighted by Crippen LogP contribution is 2.03. The number of amides is 1. The lowest BCUT2D eigenvalue weighted by atomic mass is 10.2. The van der Waals surface area contributed by atoms with Crippen LogP contribution in [0, 0.1) is 0 Å². The zero-order valence-electron chi connectivity index (χ0n) is 6.22. The van der Waals surface area contributed by atoms with E-state index < -0.39 is 6.04 Å². The number of ketones is 1. The molecule has 1 amide bonds. The number of Topliss-reactive ketones (excluding diaryl/α,β-unsaturated/α-hetero) is 1. The molecular weight excluding hydrogens is 154 g/mol. The third-order valence-electron chi connectivity index (χ3n) is 1.23. The van der Waals surface area contributed by atoms with Crippen LogP contribution in [0.25, 0.3) is 0 Å². The van der Waals surface area contributed by atoms with Crippen LogP contribution < -0.4 is 0 Å². The van der Waals surface area contributed by atoms with Crippen LogP contribution in [0.5, 0.6) is 0 Å². The molecule has 0 N–H and O–H groups in total. The predicted molar refractivity (Wildman–Crippen MR) is 38.5 cm³/mol. The quantitative estimate of drug-likeness (QED) is 0.569. The fourth-order valence-electron chi connectivity index (χ4n) is 0.432. The minimum Gasteiger partial charge on any atom is -0.298 e. The van der Waals surface area contributed by atoms with Gasteiger partial charge in [-0.05, 0) is 13.8 Å². The van der Waals surface area contributed by atoms with E-state index in [1.165, 1.54) is 13.8 Å². The molecule has 0 saturated heterocycles. The Kier molecular flexibility index (Phi) is 3.36. The van der Waals surface area contributed by atoms with Crippen LogP contribution in [0.4, 0.5) is 0 Å². The maximum Gasteiger partial charge on any atom is 0.234 e. The summed E-state index contributed by atoms with van der Waals surface area (Å²) >= 11 is 5.42. The monoisotopic (exact) mass is 163 g/mol. The van der Waals surface area contributed by atoms with E-state index in [1.54, 1.807) is 6.92 Å². The summed E-state index contributed by atoms with van der Waals surface area (Å²) in [7, 11) is 0. The molecule has 0 heterocycles. The highest BCUT2D eigenvalue weighted by Gasteiger charge is 2.17. The minimum absolute atomic E-state index is 0.120. The fraction of sp³-hybridized carbons (Fsp3) is 0.667. The number of rotatable bonds is 2. The van der Waals surface area contributed by atoms with E-state index in [-0.39, 0.29) is 11.7 Å². The van der Waals surface area contributed by atoms with Gasteiger partial charge in [-0.3, -0.25) is 9.59 Å². The van der Waals surface area contributed by atoms with E-state index in [1.807, 2.05) is 0 Å².